The predicted molar refractivity (Wildman–Crippen MR) is 83.7 cm³/mol. The van der Waals surface area contributed by atoms with Crippen LogP contribution in [0.2, 0.25) is 5.02 Å². The second kappa shape index (κ2) is 6.71. The van der Waals surface area contributed by atoms with E-state index in [0.717, 1.165) is 25.9 Å². The van der Waals surface area contributed by atoms with Crippen LogP contribution in [0.15, 0.2) is 6.20 Å². The summed E-state index contributed by atoms with van der Waals surface area (Å²) in [5.41, 5.74) is 0.328. The van der Waals surface area contributed by atoms with Gasteiger partial charge < -0.3 is 9.80 Å². The lowest BCUT2D eigenvalue weighted by atomic mass is 10.0. The van der Waals surface area contributed by atoms with Gasteiger partial charge in [0.05, 0.1) is 11.2 Å². The minimum Gasteiger partial charge on any atom is -0.336 e. The summed E-state index contributed by atoms with van der Waals surface area (Å²) in [6.45, 7) is 5.49. The van der Waals surface area contributed by atoms with Crippen molar-refractivity contribution in [2.45, 2.75) is 38.6 Å². The molecule has 1 fully saturated rings. The van der Waals surface area contributed by atoms with E-state index in [4.69, 9.17) is 11.6 Å². The lowest BCUT2D eigenvalue weighted by Crippen LogP contribution is -2.47. The van der Waals surface area contributed by atoms with Crippen LogP contribution in [0.4, 0.5) is 0 Å². The van der Waals surface area contributed by atoms with E-state index in [-0.39, 0.29) is 11.8 Å². The fraction of sp³-hybridized carbons (Fsp3) is 0.667. The van der Waals surface area contributed by atoms with Gasteiger partial charge in [0, 0.05) is 25.0 Å². The van der Waals surface area contributed by atoms with Crippen molar-refractivity contribution in [3.63, 3.8) is 0 Å². The average Bonchev–Trinajstić information content (AvgIpc) is 2.47. The van der Waals surface area contributed by atoms with Crippen molar-refractivity contribution in [1.29, 1.82) is 0 Å². The van der Waals surface area contributed by atoms with E-state index in [2.05, 4.69) is 14.9 Å². The van der Waals surface area contributed by atoms with Gasteiger partial charge in [-0.2, -0.15) is 0 Å². The molecule has 0 saturated carbocycles. The molecule has 0 bridgehead atoms. The van der Waals surface area contributed by atoms with Gasteiger partial charge in [-0.1, -0.05) is 25.4 Å². The van der Waals surface area contributed by atoms with Crippen molar-refractivity contribution < 1.29 is 4.79 Å². The smallest absolute Gasteiger partial charge is 0.274 e. The lowest BCUT2D eigenvalue weighted by molar-refractivity contribution is 0.0629. The summed E-state index contributed by atoms with van der Waals surface area (Å²) in [5, 5.41) is 0.330. The number of rotatable bonds is 3. The second-order valence-corrected chi connectivity index (χ2v) is 6.50. The third kappa shape index (κ3) is 3.71. The van der Waals surface area contributed by atoms with E-state index in [9.17, 15) is 4.79 Å². The maximum absolute atomic E-state index is 12.7. The molecule has 0 N–H and O–H groups in total. The highest BCUT2D eigenvalue weighted by Gasteiger charge is 2.28. The molecule has 1 aromatic heterocycles. The average molecular weight is 311 g/mol. The zero-order chi connectivity index (χ0) is 15.6. The number of carbonyl (C=O) groups is 1. The Morgan fingerprint density at radius 3 is 2.81 bits per heavy atom. The number of likely N-dealkylation sites (N-methyl/N-ethyl adjacent to an activating group) is 1. The third-order valence-corrected chi connectivity index (χ3v) is 4.17. The van der Waals surface area contributed by atoms with Crippen LogP contribution in [0.1, 0.15) is 48.9 Å². The first-order chi connectivity index (χ1) is 9.90. The number of carbonyl (C=O) groups excluding carboxylic acids is 1. The van der Waals surface area contributed by atoms with Crippen LogP contribution in [0.3, 0.4) is 0 Å². The van der Waals surface area contributed by atoms with E-state index < -0.39 is 0 Å². The number of nitrogens with zero attached hydrogens (tertiary/aromatic N) is 4. The molecule has 1 unspecified atom stereocenters. The minimum atomic E-state index is -0.0872. The molecule has 1 aromatic rings. The van der Waals surface area contributed by atoms with Crippen LogP contribution in [0.5, 0.6) is 0 Å². The highest BCUT2D eigenvalue weighted by molar-refractivity contribution is 6.33. The molecule has 1 aliphatic heterocycles. The Hall–Kier alpha value is -1.20. The largest absolute Gasteiger partial charge is 0.336 e. The first-order valence-electron chi connectivity index (χ1n) is 7.38. The SMILES string of the molecule is CC(C)c1ncc(Cl)c(C(=O)N2CCCC(N(C)C)C2)n1. The van der Waals surface area contributed by atoms with Gasteiger partial charge in [0.15, 0.2) is 5.69 Å². The number of amides is 1. The van der Waals surface area contributed by atoms with E-state index in [1.807, 2.05) is 32.8 Å². The zero-order valence-electron chi connectivity index (χ0n) is 13.1. The predicted octanol–water partition coefficient (Wildman–Crippen LogP) is 2.42. The molecular formula is C15H23ClN4O. The Bertz CT molecular complexity index is 518. The maximum atomic E-state index is 12.7. The molecule has 0 radical (unpaired) electrons. The van der Waals surface area contributed by atoms with Gasteiger partial charge in [-0.25, -0.2) is 9.97 Å². The molecule has 1 atom stereocenters. The van der Waals surface area contributed by atoms with Crippen molar-refractivity contribution in [2.24, 2.45) is 0 Å². The van der Waals surface area contributed by atoms with Gasteiger partial charge >= 0.3 is 0 Å². The molecule has 0 spiro atoms. The van der Waals surface area contributed by atoms with Crippen LogP contribution in [0, 0.1) is 0 Å². The van der Waals surface area contributed by atoms with Gasteiger partial charge in [0.25, 0.3) is 5.91 Å². The summed E-state index contributed by atoms with van der Waals surface area (Å²) in [7, 11) is 4.10. The summed E-state index contributed by atoms with van der Waals surface area (Å²) >= 11 is 6.13. The molecule has 2 rings (SSSR count). The van der Waals surface area contributed by atoms with Crippen LogP contribution in [0.25, 0.3) is 0 Å². The molecule has 116 valence electrons. The van der Waals surface area contributed by atoms with Crippen molar-refractivity contribution in [2.75, 3.05) is 27.2 Å². The van der Waals surface area contributed by atoms with Crippen LogP contribution in [-0.2, 0) is 0 Å². The van der Waals surface area contributed by atoms with E-state index in [1.54, 1.807) is 0 Å². The molecule has 1 saturated heterocycles. The van der Waals surface area contributed by atoms with Gasteiger partial charge in [0.2, 0.25) is 0 Å². The van der Waals surface area contributed by atoms with E-state index in [1.165, 1.54) is 6.20 Å². The molecule has 1 aliphatic rings. The summed E-state index contributed by atoms with van der Waals surface area (Å²) in [4.78, 5) is 25.3. The number of piperidine rings is 1. The molecule has 0 aromatic carbocycles. The Labute approximate surface area is 131 Å². The molecule has 6 heteroatoms. The molecular weight excluding hydrogens is 288 g/mol. The molecule has 2 heterocycles. The highest BCUT2D eigenvalue weighted by Crippen LogP contribution is 2.21. The Morgan fingerprint density at radius 1 is 1.48 bits per heavy atom. The number of hydrogen-bond donors (Lipinski definition) is 0. The van der Waals surface area contributed by atoms with Crippen molar-refractivity contribution >= 4 is 17.5 Å². The number of aromatic nitrogens is 2. The van der Waals surface area contributed by atoms with E-state index in [0.29, 0.717) is 22.6 Å². The van der Waals surface area contributed by atoms with Gasteiger partial charge in [-0.15, -0.1) is 0 Å². The lowest BCUT2D eigenvalue weighted by Gasteiger charge is -2.36. The number of hydrogen-bond acceptors (Lipinski definition) is 4. The van der Waals surface area contributed by atoms with Crippen molar-refractivity contribution in [3.8, 4) is 0 Å². The minimum absolute atomic E-state index is 0.0872. The highest BCUT2D eigenvalue weighted by atomic mass is 35.5. The van der Waals surface area contributed by atoms with Gasteiger partial charge in [0.1, 0.15) is 5.82 Å². The van der Waals surface area contributed by atoms with Crippen molar-refractivity contribution in [3.05, 3.63) is 22.7 Å². The van der Waals surface area contributed by atoms with Gasteiger partial charge in [-0.05, 0) is 26.9 Å². The van der Waals surface area contributed by atoms with Gasteiger partial charge in [-0.3, -0.25) is 4.79 Å². The standard InChI is InChI=1S/C15H23ClN4O/c1-10(2)14-17-8-12(16)13(18-14)15(21)20-7-5-6-11(9-20)19(3)4/h8,10-11H,5-7,9H2,1-4H3. The monoisotopic (exact) mass is 310 g/mol. The number of likely N-dealkylation sites (tertiary alicyclic amines) is 1. The third-order valence-electron chi connectivity index (χ3n) is 3.90. The second-order valence-electron chi connectivity index (χ2n) is 6.09. The van der Waals surface area contributed by atoms with E-state index >= 15 is 0 Å². The normalized spacial score (nSPS) is 19.4. The maximum Gasteiger partial charge on any atom is 0.274 e. The molecule has 1 amide bonds. The van der Waals surface area contributed by atoms with Crippen LogP contribution >= 0.6 is 11.6 Å². The fourth-order valence-corrected chi connectivity index (χ4v) is 2.69. The fourth-order valence-electron chi connectivity index (χ4n) is 2.52. The quantitative estimate of drug-likeness (QED) is 0.860. The first kappa shape index (κ1) is 16.2. The Balaban J connectivity index is 2.21. The Kier molecular flexibility index (Phi) is 5.17. The molecule has 0 aliphatic carbocycles. The zero-order valence-corrected chi connectivity index (χ0v) is 13.9. The van der Waals surface area contributed by atoms with Crippen LogP contribution in [-0.4, -0.2) is 58.9 Å². The summed E-state index contributed by atoms with van der Waals surface area (Å²) in [6.07, 6.45) is 3.66. The summed E-state index contributed by atoms with van der Waals surface area (Å²) < 4.78 is 0. The summed E-state index contributed by atoms with van der Waals surface area (Å²) in [6, 6.07) is 0.396. The molecule has 5 nitrogen and oxygen atoms in total. The first-order valence-corrected chi connectivity index (χ1v) is 7.76. The Morgan fingerprint density at radius 2 is 2.19 bits per heavy atom. The summed E-state index contributed by atoms with van der Waals surface area (Å²) in [5.74, 6) is 0.740. The van der Waals surface area contributed by atoms with Crippen molar-refractivity contribution in [1.82, 2.24) is 19.8 Å². The van der Waals surface area contributed by atoms with Crippen LogP contribution < -0.4 is 0 Å². The topological polar surface area (TPSA) is 49.3 Å². The number of halogens is 1. The molecule has 21 heavy (non-hydrogen) atoms.